The number of allylic oxidation sites excluding steroid dienone is 2. The summed E-state index contributed by atoms with van der Waals surface area (Å²) in [5.74, 6) is 0.213. The second-order valence-electron chi connectivity index (χ2n) is 4.84. The molecule has 2 rings (SSSR count). The van der Waals surface area contributed by atoms with Crippen LogP contribution >= 0.6 is 0 Å². The normalized spacial score (nSPS) is 21.6. The lowest BCUT2D eigenvalue weighted by Crippen LogP contribution is -2.19. The molecule has 0 saturated heterocycles. The first-order valence-electron chi connectivity index (χ1n) is 7.08. The zero-order valence-corrected chi connectivity index (χ0v) is 11.8. The van der Waals surface area contributed by atoms with Gasteiger partial charge in [0.15, 0.2) is 0 Å². The lowest BCUT2D eigenvalue weighted by Gasteiger charge is -2.14. The number of aliphatic hydroxyl groups is 1. The highest BCUT2D eigenvalue weighted by Gasteiger charge is 2.12. The van der Waals surface area contributed by atoms with Crippen molar-refractivity contribution in [2.45, 2.75) is 12.5 Å². The molecule has 0 aliphatic heterocycles. The van der Waals surface area contributed by atoms with Crippen molar-refractivity contribution in [2.24, 2.45) is 15.9 Å². The first-order chi connectivity index (χ1) is 10.3. The Morgan fingerprint density at radius 2 is 1.81 bits per heavy atom. The van der Waals surface area contributed by atoms with Crippen molar-refractivity contribution in [3.8, 4) is 5.75 Å². The predicted molar refractivity (Wildman–Crippen MR) is 86.3 cm³/mol. The summed E-state index contributed by atoms with van der Waals surface area (Å²) in [5.41, 5.74) is 0.725. The van der Waals surface area contributed by atoms with Crippen LogP contribution in [-0.2, 0) is 0 Å². The number of phenols is 1. The van der Waals surface area contributed by atoms with E-state index in [0.29, 0.717) is 13.1 Å². The highest BCUT2D eigenvalue weighted by molar-refractivity contribution is 5.83. The first-order valence-corrected chi connectivity index (χ1v) is 7.08. The summed E-state index contributed by atoms with van der Waals surface area (Å²) in [6, 6.07) is 7.11. The van der Waals surface area contributed by atoms with E-state index in [4.69, 9.17) is 0 Å². The van der Waals surface area contributed by atoms with Gasteiger partial charge in [0.2, 0.25) is 0 Å². The number of aromatic hydroxyl groups is 1. The van der Waals surface area contributed by atoms with Crippen LogP contribution < -0.4 is 0 Å². The number of rotatable bonds is 6. The first kappa shape index (κ1) is 15.2. The fourth-order valence-electron chi connectivity index (χ4n) is 1.96. The van der Waals surface area contributed by atoms with Crippen LogP contribution in [0.5, 0.6) is 5.75 Å². The van der Waals surface area contributed by atoms with Crippen molar-refractivity contribution in [1.82, 2.24) is 0 Å². The lowest BCUT2D eigenvalue weighted by molar-refractivity contribution is 0.204. The fraction of sp³-hybridized carbons (Fsp3) is 0.294. The molecule has 1 aliphatic rings. The van der Waals surface area contributed by atoms with Gasteiger partial charge in [0.05, 0.1) is 6.10 Å². The minimum Gasteiger partial charge on any atom is -0.507 e. The Morgan fingerprint density at radius 3 is 2.62 bits per heavy atom. The van der Waals surface area contributed by atoms with Crippen LogP contribution in [0, 0.1) is 5.92 Å². The lowest BCUT2D eigenvalue weighted by atomic mass is 9.99. The average Bonchev–Trinajstić information content (AvgIpc) is 2.50. The second kappa shape index (κ2) is 8.17. The summed E-state index contributed by atoms with van der Waals surface area (Å²) in [5, 5.41) is 19.3. The Labute approximate surface area is 124 Å². The molecule has 0 radical (unpaired) electrons. The van der Waals surface area contributed by atoms with Gasteiger partial charge in [-0.05, 0) is 18.6 Å². The fourth-order valence-corrected chi connectivity index (χ4v) is 1.96. The van der Waals surface area contributed by atoms with Gasteiger partial charge in [-0.1, -0.05) is 36.4 Å². The maximum atomic E-state index is 9.69. The van der Waals surface area contributed by atoms with E-state index in [-0.39, 0.29) is 11.7 Å². The zero-order chi connectivity index (χ0) is 14.9. The number of benzene rings is 1. The molecule has 0 heterocycles. The van der Waals surface area contributed by atoms with Crippen LogP contribution in [0.15, 0.2) is 58.6 Å². The van der Waals surface area contributed by atoms with Crippen LogP contribution in [-0.4, -0.2) is 41.8 Å². The molecular formula is C17H20N2O2. The summed E-state index contributed by atoms with van der Waals surface area (Å²) in [7, 11) is 0. The van der Waals surface area contributed by atoms with Crippen LogP contribution in [0.2, 0.25) is 0 Å². The van der Waals surface area contributed by atoms with E-state index in [1.807, 2.05) is 30.4 Å². The molecule has 1 aromatic carbocycles. The van der Waals surface area contributed by atoms with Gasteiger partial charge in [0.25, 0.3) is 0 Å². The molecule has 1 aromatic rings. The molecule has 4 heteroatoms. The largest absolute Gasteiger partial charge is 0.507 e. The summed E-state index contributed by atoms with van der Waals surface area (Å²) >= 11 is 0. The van der Waals surface area contributed by atoms with Gasteiger partial charge in [-0.2, -0.15) is 0 Å². The van der Waals surface area contributed by atoms with Gasteiger partial charge in [0.1, 0.15) is 5.75 Å². The van der Waals surface area contributed by atoms with Crippen molar-refractivity contribution in [3.05, 3.63) is 54.1 Å². The monoisotopic (exact) mass is 284 g/mol. The molecule has 0 spiro atoms. The smallest absolute Gasteiger partial charge is 0.124 e. The summed E-state index contributed by atoms with van der Waals surface area (Å²) in [4.78, 5) is 8.58. The van der Waals surface area contributed by atoms with Gasteiger partial charge in [-0.3, -0.25) is 9.98 Å². The van der Waals surface area contributed by atoms with Gasteiger partial charge in [0, 0.05) is 37.0 Å². The van der Waals surface area contributed by atoms with Crippen molar-refractivity contribution in [3.63, 3.8) is 0 Å². The van der Waals surface area contributed by atoms with Gasteiger partial charge in [-0.15, -0.1) is 0 Å². The second-order valence-corrected chi connectivity index (χ2v) is 4.84. The molecule has 2 N–H and O–H groups in total. The number of hydrogen-bond acceptors (Lipinski definition) is 4. The minimum atomic E-state index is -0.474. The maximum Gasteiger partial charge on any atom is 0.124 e. The highest BCUT2D eigenvalue weighted by atomic mass is 16.3. The van der Waals surface area contributed by atoms with Crippen molar-refractivity contribution >= 4 is 12.4 Å². The standard InChI is InChI=1S/C17H20N2O2/c20-16-8-3-1-6-14(16)12-18-10-5-11-19-13-15-7-2-4-9-17(15)21/h1-4,6-9,12-14,16,20-21H,5,10-11H2. The van der Waals surface area contributed by atoms with Gasteiger partial charge >= 0.3 is 0 Å². The third-order valence-electron chi connectivity index (χ3n) is 3.17. The third-order valence-corrected chi connectivity index (χ3v) is 3.17. The van der Waals surface area contributed by atoms with E-state index in [2.05, 4.69) is 9.98 Å². The molecule has 0 aromatic heterocycles. The van der Waals surface area contributed by atoms with Crippen LogP contribution in [0.25, 0.3) is 0 Å². The number of aliphatic imine (C=N–C) groups is 2. The Morgan fingerprint density at radius 1 is 1.05 bits per heavy atom. The molecule has 0 saturated carbocycles. The van der Waals surface area contributed by atoms with E-state index < -0.39 is 6.10 Å². The molecular weight excluding hydrogens is 264 g/mol. The summed E-state index contributed by atoms with van der Waals surface area (Å²) in [6.45, 7) is 1.34. The SMILES string of the molecule is Oc1ccccc1C=NCCCN=CC1C=CC=CC1O. The van der Waals surface area contributed by atoms with Crippen molar-refractivity contribution in [2.75, 3.05) is 13.1 Å². The number of hydrogen-bond donors (Lipinski definition) is 2. The number of nitrogens with zero attached hydrogens (tertiary/aromatic N) is 2. The third kappa shape index (κ3) is 5.00. The Bertz CT molecular complexity index is 562. The highest BCUT2D eigenvalue weighted by Crippen LogP contribution is 2.12. The van der Waals surface area contributed by atoms with Crippen molar-refractivity contribution in [1.29, 1.82) is 0 Å². The van der Waals surface area contributed by atoms with Crippen LogP contribution in [0.3, 0.4) is 0 Å². The molecule has 1 aliphatic carbocycles. The molecule has 2 atom stereocenters. The number of phenolic OH excluding ortho intramolecular Hbond substituents is 1. The zero-order valence-electron chi connectivity index (χ0n) is 11.8. The maximum absolute atomic E-state index is 9.69. The molecule has 2 unspecified atom stereocenters. The topological polar surface area (TPSA) is 65.2 Å². The van der Waals surface area contributed by atoms with E-state index in [1.54, 1.807) is 30.6 Å². The number of para-hydroxylation sites is 1. The molecule has 0 amide bonds. The van der Waals surface area contributed by atoms with Crippen LogP contribution in [0.1, 0.15) is 12.0 Å². The van der Waals surface area contributed by atoms with E-state index in [0.717, 1.165) is 12.0 Å². The summed E-state index contributed by atoms with van der Waals surface area (Å²) < 4.78 is 0. The molecule has 4 nitrogen and oxygen atoms in total. The van der Waals surface area contributed by atoms with E-state index in [9.17, 15) is 10.2 Å². The van der Waals surface area contributed by atoms with Crippen LogP contribution in [0.4, 0.5) is 0 Å². The Kier molecular flexibility index (Phi) is 5.91. The quantitative estimate of drug-likeness (QED) is 0.622. The summed E-state index contributed by atoms with van der Waals surface area (Å²) in [6.07, 6.45) is 11.3. The predicted octanol–water partition coefficient (Wildman–Crippen LogP) is 2.38. The minimum absolute atomic E-state index is 0.0280. The average molecular weight is 284 g/mol. The molecule has 110 valence electrons. The van der Waals surface area contributed by atoms with E-state index in [1.165, 1.54) is 0 Å². The van der Waals surface area contributed by atoms with E-state index >= 15 is 0 Å². The Balaban J connectivity index is 1.67. The number of aliphatic hydroxyl groups excluding tert-OH is 1. The molecule has 21 heavy (non-hydrogen) atoms. The molecule has 0 bridgehead atoms. The Hall–Kier alpha value is -2.20. The van der Waals surface area contributed by atoms with Crippen molar-refractivity contribution < 1.29 is 10.2 Å². The molecule has 0 fully saturated rings. The van der Waals surface area contributed by atoms with Gasteiger partial charge < -0.3 is 10.2 Å². The van der Waals surface area contributed by atoms with Gasteiger partial charge in [-0.25, -0.2) is 0 Å².